The van der Waals surface area contributed by atoms with Crippen LogP contribution in [0.4, 0.5) is 5.69 Å². The number of hydrogen-bond acceptors (Lipinski definition) is 4. The predicted molar refractivity (Wildman–Crippen MR) is 73.7 cm³/mol. The maximum absolute atomic E-state index is 11.4. The lowest BCUT2D eigenvalue weighted by Gasteiger charge is -2.22. The predicted octanol–water partition coefficient (Wildman–Crippen LogP) is 3.90. The summed E-state index contributed by atoms with van der Waals surface area (Å²) >= 11 is 9.00. The molecule has 1 aromatic carbocycles. The van der Waals surface area contributed by atoms with Crippen LogP contribution < -0.4 is 4.74 Å². The molecule has 1 aliphatic carbocycles. The highest BCUT2D eigenvalue weighted by Gasteiger charge is 2.26. The fourth-order valence-electron chi connectivity index (χ4n) is 2.05. The average Bonchev–Trinajstić information content (AvgIpc) is 2.32. The molecule has 1 fully saturated rings. The number of nitrogens with zero attached hydrogens (tertiary/aromatic N) is 1. The van der Waals surface area contributed by atoms with Crippen LogP contribution in [-0.2, 0) is 4.79 Å². The van der Waals surface area contributed by atoms with Gasteiger partial charge in [0.1, 0.15) is 11.9 Å². The van der Waals surface area contributed by atoms with E-state index in [-0.39, 0.29) is 28.3 Å². The molecule has 0 radical (unpaired) electrons. The van der Waals surface area contributed by atoms with Crippen molar-refractivity contribution in [1.29, 1.82) is 0 Å². The molecular weight excluding hydrogens is 337 g/mol. The van der Waals surface area contributed by atoms with E-state index >= 15 is 0 Å². The highest BCUT2D eigenvalue weighted by Crippen LogP contribution is 2.39. The second kappa shape index (κ2) is 5.88. The molecule has 0 aromatic heterocycles. The maximum atomic E-state index is 11.4. The fraction of sp³-hybridized carbons (Fsp3) is 0.417. The summed E-state index contributed by atoms with van der Waals surface area (Å²) in [5.74, 6) is 0.262. The number of Topliss-reactive ketones (excluding diaryl/α,β-unsaturated/α-hetero) is 1. The molecular formula is C12H11BrClNO4. The molecule has 19 heavy (non-hydrogen) atoms. The first-order valence-corrected chi connectivity index (χ1v) is 6.96. The van der Waals surface area contributed by atoms with Crippen LogP contribution >= 0.6 is 27.5 Å². The van der Waals surface area contributed by atoms with Crippen molar-refractivity contribution >= 4 is 39.0 Å². The van der Waals surface area contributed by atoms with Gasteiger partial charge in [-0.2, -0.15) is 0 Å². The number of nitro benzene ring substituents is 1. The lowest BCUT2D eigenvalue weighted by molar-refractivity contribution is -0.386. The number of ether oxygens (including phenoxy) is 1. The van der Waals surface area contributed by atoms with Crippen LogP contribution in [0.3, 0.4) is 0 Å². The van der Waals surface area contributed by atoms with E-state index in [0.717, 1.165) is 12.8 Å². The quantitative estimate of drug-likeness (QED) is 0.613. The van der Waals surface area contributed by atoms with Crippen molar-refractivity contribution in [3.8, 4) is 5.75 Å². The van der Waals surface area contributed by atoms with Crippen LogP contribution in [0.15, 0.2) is 16.6 Å². The Hall–Kier alpha value is -1.14. The molecule has 1 unspecified atom stereocenters. The van der Waals surface area contributed by atoms with Crippen LogP contribution in [0.1, 0.15) is 25.7 Å². The Bertz CT molecular complexity index is 535. The average molecular weight is 349 g/mol. The lowest BCUT2D eigenvalue weighted by Crippen LogP contribution is -2.25. The summed E-state index contributed by atoms with van der Waals surface area (Å²) in [6.07, 6.45) is 2.02. The summed E-state index contributed by atoms with van der Waals surface area (Å²) < 4.78 is 6.06. The minimum absolute atomic E-state index is 0.129. The molecule has 2 rings (SSSR count). The van der Waals surface area contributed by atoms with Gasteiger partial charge in [0, 0.05) is 23.9 Å². The first kappa shape index (κ1) is 14.3. The number of ketones is 1. The van der Waals surface area contributed by atoms with Crippen molar-refractivity contribution < 1.29 is 14.5 Å². The van der Waals surface area contributed by atoms with Gasteiger partial charge in [0.25, 0.3) is 0 Å². The standard InChI is InChI=1S/C12H11BrClNO4/c13-10-4-7(14)5-11(15(17)18)12(10)19-9-3-1-2-8(16)6-9/h4-5,9H,1-3,6H2. The zero-order chi connectivity index (χ0) is 14.0. The second-order valence-electron chi connectivity index (χ2n) is 4.37. The molecule has 102 valence electrons. The van der Waals surface area contributed by atoms with E-state index in [9.17, 15) is 14.9 Å². The molecule has 0 saturated heterocycles. The summed E-state index contributed by atoms with van der Waals surface area (Å²) in [7, 11) is 0. The Labute approximate surface area is 123 Å². The summed E-state index contributed by atoms with van der Waals surface area (Å²) in [5.41, 5.74) is -0.197. The third-order valence-corrected chi connectivity index (χ3v) is 3.71. The number of carbonyl (C=O) groups is 1. The summed E-state index contributed by atoms with van der Waals surface area (Å²) in [6, 6.07) is 2.78. The third-order valence-electron chi connectivity index (χ3n) is 2.91. The Morgan fingerprint density at radius 1 is 1.47 bits per heavy atom. The van der Waals surface area contributed by atoms with E-state index in [0.29, 0.717) is 17.3 Å². The topological polar surface area (TPSA) is 69.4 Å². The van der Waals surface area contributed by atoms with Crippen LogP contribution in [0.25, 0.3) is 0 Å². The second-order valence-corrected chi connectivity index (χ2v) is 5.66. The summed E-state index contributed by atoms with van der Waals surface area (Å²) in [6.45, 7) is 0. The molecule has 1 atom stereocenters. The van der Waals surface area contributed by atoms with Gasteiger partial charge < -0.3 is 4.74 Å². The SMILES string of the molecule is O=C1CCCC(Oc2c(Br)cc(Cl)cc2[N+](=O)[O-])C1. The van der Waals surface area contributed by atoms with Crippen molar-refractivity contribution in [2.45, 2.75) is 31.8 Å². The molecule has 0 amide bonds. The van der Waals surface area contributed by atoms with Gasteiger partial charge in [-0.3, -0.25) is 14.9 Å². The minimum Gasteiger partial charge on any atom is -0.482 e. The Morgan fingerprint density at radius 2 is 2.21 bits per heavy atom. The van der Waals surface area contributed by atoms with Gasteiger partial charge in [0.2, 0.25) is 5.75 Å². The Kier molecular flexibility index (Phi) is 4.42. The lowest BCUT2D eigenvalue weighted by atomic mass is 9.96. The van der Waals surface area contributed by atoms with Gasteiger partial charge in [0.15, 0.2) is 0 Å². The highest BCUT2D eigenvalue weighted by atomic mass is 79.9. The molecule has 7 heteroatoms. The van der Waals surface area contributed by atoms with Crippen LogP contribution in [0.5, 0.6) is 5.75 Å². The monoisotopic (exact) mass is 347 g/mol. The first-order chi connectivity index (χ1) is 8.97. The highest BCUT2D eigenvalue weighted by molar-refractivity contribution is 9.10. The number of hydrogen-bond donors (Lipinski definition) is 0. The van der Waals surface area contributed by atoms with Crippen molar-refractivity contribution in [3.05, 3.63) is 31.7 Å². The zero-order valence-electron chi connectivity index (χ0n) is 9.90. The van der Waals surface area contributed by atoms with E-state index < -0.39 is 4.92 Å². The molecule has 1 aliphatic rings. The van der Waals surface area contributed by atoms with Crippen LogP contribution in [0.2, 0.25) is 5.02 Å². The molecule has 1 saturated carbocycles. The van der Waals surface area contributed by atoms with E-state index in [1.165, 1.54) is 12.1 Å². The fourth-order valence-corrected chi connectivity index (χ4v) is 2.94. The molecule has 0 spiro atoms. The molecule has 0 heterocycles. The van der Waals surface area contributed by atoms with E-state index in [4.69, 9.17) is 16.3 Å². The summed E-state index contributed by atoms with van der Waals surface area (Å²) in [5, 5.41) is 11.3. The van der Waals surface area contributed by atoms with E-state index in [1.54, 1.807) is 0 Å². The number of halogens is 2. The van der Waals surface area contributed by atoms with Crippen LogP contribution in [0, 0.1) is 10.1 Å². The summed E-state index contributed by atoms with van der Waals surface area (Å²) in [4.78, 5) is 21.8. The Morgan fingerprint density at radius 3 is 2.84 bits per heavy atom. The van der Waals surface area contributed by atoms with Gasteiger partial charge in [0.05, 0.1) is 9.40 Å². The van der Waals surface area contributed by atoms with Crippen molar-refractivity contribution in [2.75, 3.05) is 0 Å². The molecule has 0 bridgehead atoms. The van der Waals surface area contributed by atoms with E-state index in [2.05, 4.69) is 15.9 Å². The molecule has 5 nitrogen and oxygen atoms in total. The maximum Gasteiger partial charge on any atom is 0.313 e. The smallest absolute Gasteiger partial charge is 0.313 e. The minimum atomic E-state index is -0.545. The van der Waals surface area contributed by atoms with Gasteiger partial charge in [-0.25, -0.2) is 0 Å². The number of rotatable bonds is 3. The van der Waals surface area contributed by atoms with Gasteiger partial charge in [-0.15, -0.1) is 0 Å². The van der Waals surface area contributed by atoms with Crippen molar-refractivity contribution in [1.82, 2.24) is 0 Å². The van der Waals surface area contributed by atoms with Crippen molar-refractivity contribution in [3.63, 3.8) is 0 Å². The van der Waals surface area contributed by atoms with Gasteiger partial charge >= 0.3 is 5.69 Å². The molecule has 0 N–H and O–H groups in total. The number of carbonyl (C=O) groups excluding carboxylic acids is 1. The normalized spacial score (nSPS) is 19.3. The van der Waals surface area contributed by atoms with E-state index in [1.807, 2.05) is 0 Å². The van der Waals surface area contributed by atoms with Gasteiger partial charge in [-0.05, 0) is 34.8 Å². The van der Waals surface area contributed by atoms with Gasteiger partial charge in [-0.1, -0.05) is 11.6 Å². The first-order valence-electron chi connectivity index (χ1n) is 5.79. The number of benzene rings is 1. The Balaban J connectivity index is 2.28. The molecule has 0 aliphatic heterocycles. The molecule has 1 aromatic rings. The van der Waals surface area contributed by atoms with Crippen LogP contribution in [-0.4, -0.2) is 16.8 Å². The van der Waals surface area contributed by atoms with Crippen molar-refractivity contribution in [2.24, 2.45) is 0 Å². The zero-order valence-corrected chi connectivity index (χ0v) is 12.2. The number of nitro groups is 1. The largest absolute Gasteiger partial charge is 0.482 e. The third kappa shape index (κ3) is 3.45.